The number of allylic oxidation sites excluding steroid dienone is 1. The van der Waals surface area contributed by atoms with Gasteiger partial charge in [-0.05, 0) is 32.4 Å². The third-order valence-electron chi connectivity index (χ3n) is 2.24. The van der Waals surface area contributed by atoms with Crippen molar-refractivity contribution in [2.45, 2.75) is 40.2 Å². The highest BCUT2D eigenvalue weighted by Gasteiger charge is 2.09. The van der Waals surface area contributed by atoms with E-state index in [1.54, 1.807) is 0 Å². The Labute approximate surface area is 76.6 Å². The van der Waals surface area contributed by atoms with E-state index in [4.69, 9.17) is 0 Å². The SMILES string of the molecule is C=C(C)C(C)C(C)N/C=C/CC. The fourth-order valence-electron chi connectivity index (χ4n) is 0.909. The molecule has 12 heavy (non-hydrogen) atoms. The van der Waals surface area contributed by atoms with E-state index in [2.05, 4.69) is 45.7 Å². The summed E-state index contributed by atoms with van der Waals surface area (Å²) in [5, 5.41) is 3.32. The summed E-state index contributed by atoms with van der Waals surface area (Å²) in [6.07, 6.45) is 5.24. The number of hydrogen-bond acceptors (Lipinski definition) is 1. The molecule has 1 N–H and O–H groups in total. The van der Waals surface area contributed by atoms with Gasteiger partial charge in [-0.2, -0.15) is 0 Å². The molecule has 70 valence electrons. The first-order valence-electron chi connectivity index (χ1n) is 4.66. The van der Waals surface area contributed by atoms with Gasteiger partial charge in [-0.25, -0.2) is 0 Å². The smallest absolute Gasteiger partial charge is 0.0289 e. The summed E-state index contributed by atoms with van der Waals surface area (Å²) in [6.45, 7) is 12.5. The largest absolute Gasteiger partial charge is 0.388 e. The van der Waals surface area contributed by atoms with Crippen molar-refractivity contribution in [3.8, 4) is 0 Å². The van der Waals surface area contributed by atoms with Gasteiger partial charge >= 0.3 is 0 Å². The van der Waals surface area contributed by atoms with Crippen molar-refractivity contribution in [1.82, 2.24) is 5.32 Å². The summed E-state index contributed by atoms with van der Waals surface area (Å²) in [6, 6.07) is 0.477. The molecule has 0 aromatic carbocycles. The van der Waals surface area contributed by atoms with E-state index in [-0.39, 0.29) is 0 Å². The van der Waals surface area contributed by atoms with Gasteiger partial charge in [0.1, 0.15) is 0 Å². The van der Waals surface area contributed by atoms with Crippen LogP contribution in [0.25, 0.3) is 0 Å². The Morgan fingerprint density at radius 3 is 2.50 bits per heavy atom. The Morgan fingerprint density at radius 1 is 1.50 bits per heavy atom. The molecule has 0 aromatic rings. The van der Waals surface area contributed by atoms with E-state index >= 15 is 0 Å². The fourth-order valence-corrected chi connectivity index (χ4v) is 0.909. The predicted molar refractivity (Wildman–Crippen MR) is 56.0 cm³/mol. The molecule has 0 saturated heterocycles. The molecule has 1 nitrogen and oxygen atoms in total. The highest BCUT2D eigenvalue weighted by atomic mass is 14.9. The summed E-state index contributed by atoms with van der Waals surface area (Å²) >= 11 is 0. The molecule has 0 bridgehead atoms. The van der Waals surface area contributed by atoms with Crippen LogP contribution in [-0.2, 0) is 0 Å². The molecule has 0 rings (SSSR count). The highest BCUT2D eigenvalue weighted by Crippen LogP contribution is 2.11. The van der Waals surface area contributed by atoms with Crippen LogP contribution in [0.1, 0.15) is 34.1 Å². The highest BCUT2D eigenvalue weighted by molar-refractivity contribution is 4.99. The lowest BCUT2D eigenvalue weighted by Gasteiger charge is -2.20. The van der Waals surface area contributed by atoms with E-state index in [0.29, 0.717) is 12.0 Å². The zero-order valence-corrected chi connectivity index (χ0v) is 8.72. The quantitative estimate of drug-likeness (QED) is 0.620. The van der Waals surface area contributed by atoms with Gasteiger partial charge in [-0.1, -0.05) is 32.1 Å². The normalized spacial score (nSPS) is 16.0. The monoisotopic (exact) mass is 167 g/mol. The summed E-state index contributed by atoms with van der Waals surface area (Å²) in [7, 11) is 0. The first kappa shape index (κ1) is 11.3. The van der Waals surface area contributed by atoms with Crippen LogP contribution in [-0.4, -0.2) is 6.04 Å². The van der Waals surface area contributed by atoms with Crippen LogP contribution >= 0.6 is 0 Å². The third kappa shape index (κ3) is 4.22. The molecule has 0 radical (unpaired) electrons. The van der Waals surface area contributed by atoms with Crippen molar-refractivity contribution in [3.63, 3.8) is 0 Å². The van der Waals surface area contributed by atoms with Crippen LogP contribution in [0, 0.1) is 5.92 Å². The van der Waals surface area contributed by atoms with Crippen molar-refractivity contribution < 1.29 is 0 Å². The third-order valence-corrected chi connectivity index (χ3v) is 2.24. The second-order valence-corrected chi connectivity index (χ2v) is 3.40. The lowest BCUT2D eigenvalue weighted by molar-refractivity contribution is 0.495. The minimum atomic E-state index is 0.477. The Bertz CT molecular complexity index is 158. The molecule has 0 aliphatic rings. The second kappa shape index (κ2) is 5.87. The molecule has 2 unspecified atom stereocenters. The number of nitrogens with one attached hydrogen (secondary N) is 1. The summed E-state index contributed by atoms with van der Waals surface area (Å²) in [5.74, 6) is 0.534. The van der Waals surface area contributed by atoms with Crippen molar-refractivity contribution in [3.05, 3.63) is 24.4 Å². The van der Waals surface area contributed by atoms with Gasteiger partial charge in [-0.3, -0.25) is 0 Å². The zero-order chi connectivity index (χ0) is 9.56. The van der Waals surface area contributed by atoms with Gasteiger partial charge < -0.3 is 5.32 Å². The van der Waals surface area contributed by atoms with Crippen LogP contribution in [0.3, 0.4) is 0 Å². The van der Waals surface area contributed by atoms with Gasteiger partial charge in [-0.15, -0.1) is 0 Å². The molecular weight excluding hydrogens is 146 g/mol. The summed E-state index contributed by atoms with van der Waals surface area (Å²) < 4.78 is 0. The molecule has 0 heterocycles. The van der Waals surface area contributed by atoms with Crippen LogP contribution < -0.4 is 5.32 Å². The van der Waals surface area contributed by atoms with E-state index in [1.165, 1.54) is 5.57 Å². The Kier molecular flexibility index (Phi) is 5.52. The molecule has 1 heteroatoms. The summed E-state index contributed by atoms with van der Waals surface area (Å²) in [4.78, 5) is 0. The number of rotatable bonds is 5. The first-order chi connectivity index (χ1) is 5.59. The summed E-state index contributed by atoms with van der Waals surface area (Å²) in [5.41, 5.74) is 1.24. The van der Waals surface area contributed by atoms with Crippen LogP contribution in [0.4, 0.5) is 0 Å². The molecule has 0 aliphatic heterocycles. The topological polar surface area (TPSA) is 12.0 Å². The minimum absolute atomic E-state index is 0.477. The van der Waals surface area contributed by atoms with Gasteiger partial charge in [0.25, 0.3) is 0 Å². The van der Waals surface area contributed by atoms with Crippen LogP contribution in [0.5, 0.6) is 0 Å². The van der Waals surface area contributed by atoms with Gasteiger partial charge in [0.2, 0.25) is 0 Å². The molecule has 2 atom stereocenters. The van der Waals surface area contributed by atoms with E-state index < -0.39 is 0 Å². The second-order valence-electron chi connectivity index (χ2n) is 3.40. The minimum Gasteiger partial charge on any atom is -0.388 e. The first-order valence-corrected chi connectivity index (χ1v) is 4.66. The lowest BCUT2D eigenvalue weighted by atomic mass is 9.97. The van der Waals surface area contributed by atoms with E-state index in [0.717, 1.165) is 6.42 Å². The van der Waals surface area contributed by atoms with E-state index in [9.17, 15) is 0 Å². The Morgan fingerprint density at radius 2 is 2.08 bits per heavy atom. The standard InChI is InChI=1S/C11H21N/c1-6-7-8-12-11(5)10(4)9(2)3/h7-8,10-12H,2,6H2,1,3-5H3/b8-7+. The molecule has 0 aromatic heterocycles. The predicted octanol–water partition coefficient (Wildman–Crippen LogP) is 3.10. The average molecular weight is 167 g/mol. The maximum absolute atomic E-state index is 3.94. The molecular formula is C11H21N. The van der Waals surface area contributed by atoms with Gasteiger partial charge in [0.05, 0.1) is 0 Å². The van der Waals surface area contributed by atoms with Gasteiger partial charge in [0, 0.05) is 6.04 Å². The van der Waals surface area contributed by atoms with Crippen LogP contribution in [0.2, 0.25) is 0 Å². The Balaban J connectivity index is 3.78. The van der Waals surface area contributed by atoms with Gasteiger partial charge in [0.15, 0.2) is 0 Å². The molecule has 0 aliphatic carbocycles. The average Bonchev–Trinajstić information content (AvgIpc) is 2.03. The molecule has 0 fully saturated rings. The zero-order valence-electron chi connectivity index (χ0n) is 8.72. The lowest BCUT2D eigenvalue weighted by Crippen LogP contribution is -2.28. The van der Waals surface area contributed by atoms with Crippen molar-refractivity contribution in [2.75, 3.05) is 0 Å². The fraction of sp³-hybridized carbons (Fsp3) is 0.636. The molecule has 0 saturated carbocycles. The molecule has 0 amide bonds. The Hall–Kier alpha value is -0.720. The number of hydrogen-bond donors (Lipinski definition) is 1. The maximum atomic E-state index is 3.94. The van der Waals surface area contributed by atoms with Crippen molar-refractivity contribution in [1.29, 1.82) is 0 Å². The molecule has 0 spiro atoms. The van der Waals surface area contributed by atoms with Crippen LogP contribution in [0.15, 0.2) is 24.4 Å². The maximum Gasteiger partial charge on any atom is 0.0289 e. The van der Waals surface area contributed by atoms with Crippen molar-refractivity contribution >= 4 is 0 Å². The van der Waals surface area contributed by atoms with Crippen molar-refractivity contribution in [2.24, 2.45) is 5.92 Å². The van der Waals surface area contributed by atoms with E-state index in [1.807, 2.05) is 6.20 Å².